The van der Waals surface area contributed by atoms with E-state index < -0.39 is 0 Å². The molecule has 0 aliphatic heterocycles. The minimum Gasteiger partial charge on any atom is -0.395 e. The molecule has 0 bridgehead atoms. The smallest absolute Gasteiger partial charge is 0.150 e. The number of rotatable bonds is 5. The molecule has 1 aromatic carbocycles. The Hall–Kier alpha value is -1.19. The summed E-state index contributed by atoms with van der Waals surface area (Å²) >= 11 is 0. The van der Waals surface area contributed by atoms with Crippen LogP contribution in [0.15, 0.2) is 24.3 Å². The molecule has 0 spiro atoms. The molecule has 0 saturated heterocycles. The lowest BCUT2D eigenvalue weighted by molar-refractivity contribution is 0.112. The first-order valence-corrected chi connectivity index (χ1v) is 4.22. The molecule has 1 rings (SSSR count). The zero-order valence-corrected chi connectivity index (χ0v) is 7.36. The van der Waals surface area contributed by atoms with Crippen LogP contribution in [0.1, 0.15) is 15.9 Å². The summed E-state index contributed by atoms with van der Waals surface area (Å²) in [6.45, 7) is 1.39. The predicted molar refractivity (Wildman–Crippen MR) is 50.6 cm³/mol. The number of benzene rings is 1. The Labute approximate surface area is 77.4 Å². The van der Waals surface area contributed by atoms with Gasteiger partial charge in [0.15, 0.2) is 0 Å². The van der Waals surface area contributed by atoms with Crippen molar-refractivity contribution < 1.29 is 9.90 Å². The average molecular weight is 179 g/mol. The first-order chi connectivity index (χ1) is 6.36. The molecule has 0 radical (unpaired) electrons. The second kappa shape index (κ2) is 5.45. The van der Waals surface area contributed by atoms with Gasteiger partial charge in [-0.2, -0.15) is 0 Å². The zero-order valence-electron chi connectivity index (χ0n) is 7.36. The fourth-order valence-corrected chi connectivity index (χ4v) is 1.09. The lowest BCUT2D eigenvalue weighted by atomic mass is 10.1. The number of carbonyl (C=O) groups is 1. The fraction of sp³-hybridized carbons (Fsp3) is 0.300. The monoisotopic (exact) mass is 179 g/mol. The minimum absolute atomic E-state index is 0.132. The molecule has 70 valence electrons. The molecule has 0 unspecified atom stereocenters. The number of hydrogen-bond donors (Lipinski definition) is 2. The highest BCUT2D eigenvalue weighted by Crippen LogP contribution is 2.02. The van der Waals surface area contributed by atoms with Gasteiger partial charge in [0.1, 0.15) is 6.29 Å². The largest absolute Gasteiger partial charge is 0.395 e. The molecule has 0 amide bonds. The molecule has 0 aromatic heterocycles. The normalized spacial score (nSPS) is 9.92. The Balaban J connectivity index is 2.51. The van der Waals surface area contributed by atoms with Crippen LogP contribution < -0.4 is 5.32 Å². The zero-order chi connectivity index (χ0) is 9.52. The van der Waals surface area contributed by atoms with E-state index in [0.29, 0.717) is 18.7 Å². The molecule has 0 fully saturated rings. The summed E-state index contributed by atoms with van der Waals surface area (Å²) in [5.74, 6) is 0. The highest BCUT2D eigenvalue weighted by Gasteiger charge is 1.93. The predicted octanol–water partition coefficient (Wildman–Crippen LogP) is 0.581. The van der Waals surface area contributed by atoms with E-state index in [2.05, 4.69) is 5.32 Å². The van der Waals surface area contributed by atoms with E-state index in [4.69, 9.17) is 5.11 Å². The Morgan fingerprint density at radius 3 is 3.00 bits per heavy atom. The maximum atomic E-state index is 10.4. The lowest BCUT2D eigenvalue weighted by Crippen LogP contribution is -2.17. The van der Waals surface area contributed by atoms with E-state index in [1.54, 1.807) is 6.07 Å². The van der Waals surface area contributed by atoms with E-state index in [1.807, 2.05) is 18.2 Å². The van der Waals surface area contributed by atoms with Crippen molar-refractivity contribution in [1.29, 1.82) is 0 Å². The van der Waals surface area contributed by atoms with Gasteiger partial charge < -0.3 is 10.4 Å². The highest BCUT2D eigenvalue weighted by atomic mass is 16.3. The summed E-state index contributed by atoms with van der Waals surface area (Å²) in [5, 5.41) is 11.6. The molecule has 2 N–H and O–H groups in total. The van der Waals surface area contributed by atoms with Crippen LogP contribution in [0.5, 0.6) is 0 Å². The summed E-state index contributed by atoms with van der Waals surface area (Å²) in [4.78, 5) is 10.4. The van der Waals surface area contributed by atoms with Crippen LogP contribution in [-0.4, -0.2) is 24.5 Å². The van der Waals surface area contributed by atoms with Crippen molar-refractivity contribution in [3.05, 3.63) is 35.4 Å². The van der Waals surface area contributed by atoms with Gasteiger partial charge in [-0.3, -0.25) is 4.79 Å². The molecule has 3 nitrogen and oxygen atoms in total. The fourth-order valence-electron chi connectivity index (χ4n) is 1.09. The second-order valence-electron chi connectivity index (χ2n) is 2.76. The molecule has 0 aliphatic carbocycles. The molecule has 3 heteroatoms. The van der Waals surface area contributed by atoms with Crippen molar-refractivity contribution in [2.45, 2.75) is 6.54 Å². The molecule has 13 heavy (non-hydrogen) atoms. The van der Waals surface area contributed by atoms with E-state index in [0.717, 1.165) is 11.8 Å². The van der Waals surface area contributed by atoms with E-state index in [1.165, 1.54) is 0 Å². The number of aldehydes is 1. The Morgan fingerprint density at radius 2 is 2.31 bits per heavy atom. The van der Waals surface area contributed by atoms with Crippen molar-refractivity contribution in [1.82, 2.24) is 5.32 Å². The van der Waals surface area contributed by atoms with Gasteiger partial charge in [-0.05, 0) is 11.6 Å². The minimum atomic E-state index is 0.132. The summed E-state index contributed by atoms with van der Waals surface area (Å²) in [5.41, 5.74) is 1.74. The molecule has 0 heterocycles. The highest BCUT2D eigenvalue weighted by molar-refractivity contribution is 5.74. The van der Waals surface area contributed by atoms with Gasteiger partial charge >= 0.3 is 0 Å². The van der Waals surface area contributed by atoms with E-state index in [9.17, 15) is 4.79 Å². The van der Waals surface area contributed by atoms with Crippen molar-refractivity contribution in [3.63, 3.8) is 0 Å². The number of hydrogen-bond acceptors (Lipinski definition) is 3. The quantitative estimate of drug-likeness (QED) is 0.513. The molecule has 0 aliphatic rings. The molecule has 0 saturated carbocycles. The van der Waals surface area contributed by atoms with Gasteiger partial charge in [-0.25, -0.2) is 0 Å². The van der Waals surface area contributed by atoms with Crippen LogP contribution in [0.25, 0.3) is 0 Å². The Morgan fingerprint density at radius 1 is 1.46 bits per heavy atom. The number of carbonyl (C=O) groups excluding carboxylic acids is 1. The summed E-state index contributed by atoms with van der Waals surface area (Å²) in [6.07, 6.45) is 0.829. The van der Waals surface area contributed by atoms with Crippen LogP contribution in [0, 0.1) is 0 Å². The van der Waals surface area contributed by atoms with Crippen molar-refractivity contribution in [2.24, 2.45) is 0 Å². The molecule has 1 aromatic rings. The maximum absolute atomic E-state index is 10.4. The first kappa shape index (κ1) is 9.89. The van der Waals surface area contributed by atoms with Gasteiger partial charge in [0.2, 0.25) is 0 Å². The van der Waals surface area contributed by atoms with E-state index in [-0.39, 0.29) is 6.61 Å². The average Bonchev–Trinajstić information content (AvgIpc) is 2.19. The van der Waals surface area contributed by atoms with Crippen molar-refractivity contribution in [3.8, 4) is 0 Å². The Kier molecular flexibility index (Phi) is 4.15. The van der Waals surface area contributed by atoms with Gasteiger partial charge in [0, 0.05) is 18.7 Å². The summed E-state index contributed by atoms with van der Waals surface area (Å²) < 4.78 is 0. The topological polar surface area (TPSA) is 49.3 Å². The third-order valence-electron chi connectivity index (χ3n) is 1.70. The maximum Gasteiger partial charge on any atom is 0.150 e. The lowest BCUT2D eigenvalue weighted by Gasteiger charge is -2.02. The van der Waals surface area contributed by atoms with Crippen LogP contribution in [0.2, 0.25) is 0 Å². The van der Waals surface area contributed by atoms with Crippen LogP contribution in [0.4, 0.5) is 0 Å². The SMILES string of the molecule is O=Cc1cccc(CNCCO)c1. The summed E-state index contributed by atoms with van der Waals surface area (Å²) in [6, 6.07) is 7.39. The number of aliphatic hydroxyl groups excluding tert-OH is 1. The van der Waals surface area contributed by atoms with Gasteiger partial charge in [-0.15, -0.1) is 0 Å². The first-order valence-electron chi connectivity index (χ1n) is 4.22. The van der Waals surface area contributed by atoms with Crippen LogP contribution in [-0.2, 0) is 6.54 Å². The van der Waals surface area contributed by atoms with Gasteiger partial charge in [-0.1, -0.05) is 18.2 Å². The third-order valence-corrected chi connectivity index (χ3v) is 1.70. The van der Waals surface area contributed by atoms with Gasteiger partial charge in [0.25, 0.3) is 0 Å². The third kappa shape index (κ3) is 3.36. The summed E-state index contributed by atoms with van der Waals surface area (Å²) in [7, 11) is 0. The van der Waals surface area contributed by atoms with Crippen LogP contribution >= 0.6 is 0 Å². The Bertz CT molecular complexity index is 273. The van der Waals surface area contributed by atoms with Crippen molar-refractivity contribution in [2.75, 3.05) is 13.2 Å². The number of nitrogens with one attached hydrogen (secondary N) is 1. The van der Waals surface area contributed by atoms with Crippen molar-refractivity contribution >= 4 is 6.29 Å². The molecule has 0 atom stereocenters. The standard InChI is InChI=1S/C10H13NO2/c12-5-4-11-7-9-2-1-3-10(6-9)8-13/h1-3,6,8,11-12H,4-5,7H2. The second-order valence-corrected chi connectivity index (χ2v) is 2.76. The van der Waals surface area contributed by atoms with E-state index >= 15 is 0 Å². The van der Waals surface area contributed by atoms with Crippen LogP contribution in [0.3, 0.4) is 0 Å². The van der Waals surface area contributed by atoms with Gasteiger partial charge in [0.05, 0.1) is 6.61 Å². The molecular formula is C10H13NO2. The number of aliphatic hydroxyl groups is 1. The molecular weight excluding hydrogens is 166 g/mol.